The monoisotopic (exact) mass is 512 g/mol. The second kappa shape index (κ2) is 11.1. The molecule has 0 radical (unpaired) electrons. The van der Waals surface area contributed by atoms with Gasteiger partial charge < -0.3 is 20.1 Å². The van der Waals surface area contributed by atoms with E-state index in [9.17, 15) is 8.78 Å². The Hall–Kier alpha value is -4.72. The first-order chi connectivity index (χ1) is 18.5. The summed E-state index contributed by atoms with van der Waals surface area (Å²) in [6.07, 6.45) is 1.72. The number of pyridine rings is 2. The first-order valence-corrected chi connectivity index (χ1v) is 12.1. The van der Waals surface area contributed by atoms with E-state index in [1.807, 2.05) is 66.7 Å². The summed E-state index contributed by atoms with van der Waals surface area (Å²) in [5.41, 5.74) is 4.00. The number of fused-ring (bicyclic) bond motifs is 1. The molecule has 0 aliphatic carbocycles. The maximum absolute atomic E-state index is 12.8. The maximum atomic E-state index is 12.8. The van der Waals surface area contributed by atoms with E-state index in [1.54, 1.807) is 25.4 Å². The van der Waals surface area contributed by atoms with E-state index in [0.29, 0.717) is 17.2 Å². The molecule has 5 aromatic rings. The van der Waals surface area contributed by atoms with E-state index in [-0.39, 0.29) is 11.8 Å². The minimum Gasteiger partial charge on any atom is -0.497 e. The minimum atomic E-state index is -2.90. The average Bonchev–Trinajstić information content (AvgIpc) is 2.93. The first-order valence-electron chi connectivity index (χ1n) is 12.1. The number of methoxy groups -OCH3 is 1. The number of ether oxygens (including phenoxy) is 2. The topological polar surface area (TPSA) is 68.3 Å². The number of rotatable bonds is 9. The molecule has 0 spiro atoms. The summed E-state index contributed by atoms with van der Waals surface area (Å²) in [6, 6.07) is 28.1. The second-order valence-electron chi connectivity index (χ2n) is 8.68. The highest BCUT2D eigenvalue weighted by Gasteiger charge is 2.13. The van der Waals surface area contributed by atoms with Gasteiger partial charge in [-0.3, -0.25) is 4.98 Å². The lowest BCUT2D eigenvalue weighted by Crippen LogP contribution is -2.07. The molecule has 38 heavy (non-hydrogen) atoms. The number of hydrogen-bond acceptors (Lipinski definition) is 6. The third kappa shape index (κ3) is 5.81. The van der Waals surface area contributed by atoms with E-state index >= 15 is 0 Å². The predicted octanol–water partition coefficient (Wildman–Crippen LogP) is 7.82. The number of aromatic nitrogens is 2. The van der Waals surface area contributed by atoms with Crippen LogP contribution in [0.4, 0.5) is 26.0 Å². The van der Waals surface area contributed by atoms with Gasteiger partial charge in [-0.05, 0) is 72.5 Å². The molecule has 1 atom stereocenters. The first kappa shape index (κ1) is 25.0. The molecule has 1 unspecified atom stereocenters. The Balaban J connectivity index is 1.51. The van der Waals surface area contributed by atoms with Crippen LogP contribution in [0.1, 0.15) is 18.5 Å². The maximum Gasteiger partial charge on any atom is 0.387 e. The lowest BCUT2D eigenvalue weighted by Gasteiger charge is -2.18. The van der Waals surface area contributed by atoms with Crippen LogP contribution in [0.15, 0.2) is 97.2 Å². The van der Waals surface area contributed by atoms with Gasteiger partial charge in [0.05, 0.1) is 18.5 Å². The lowest BCUT2D eigenvalue weighted by molar-refractivity contribution is -0.0498. The highest BCUT2D eigenvalue weighted by molar-refractivity contribution is 5.97. The summed E-state index contributed by atoms with van der Waals surface area (Å²) >= 11 is 0. The van der Waals surface area contributed by atoms with E-state index in [2.05, 4.69) is 27.3 Å². The fourth-order valence-electron chi connectivity index (χ4n) is 4.19. The van der Waals surface area contributed by atoms with Crippen molar-refractivity contribution in [1.82, 2.24) is 9.97 Å². The fourth-order valence-corrected chi connectivity index (χ4v) is 4.19. The smallest absolute Gasteiger partial charge is 0.387 e. The van der Waals surface area contributed by atoms with Gasteiger partial charge in [-0.15, -0.1) is 0 Å². The molecular formula is C30H26F2N4O2. The van der Waals surface area contributed by atoms with Gasteiger partial charge in [0.25, 0.3) is 0 Å². The zero-order valence-corrected chi connectivity index (χ0v) is 20.9. The van der Waals surface area contributed by atoms with E-state index in [4.69, 9.17) is 9.72 Å². The van der Waals surface area contributed by atoms with Crippen molar-refractivity contribution in [3.05, 3.63) is 103 Å². The van der Waals surface area contributed by atoms with Gasteiger partial charge in [0, 0.05) is 35.1 Å². The van der Waals surface area contributed by atoms with Crippen LogP contribution in [0.2, 0.25) is 0 Å². The van der Waals surface area contributed by atoms with Gasteiger partial charge in [0.2, 0.25) is 0 Å². The van der Waals surface area contributed by atoms with Crippen molar-refractivity contribution < 1.29 is 18.3 Å². The van der Waals surface area contributed by atoms with Crippen molar-refractivity contribution >= 4 is 28.0 Å². The van der Waals surface area contributed by atoms with Crippen molar-refractivity contribution in [2.45, 2.75) is 19.6 Å². The van der Waals surface area contributed by atoms with Crippen LogP contribution in [0.3, 0.4) is 0 Å². The Morgan fingerprint density at radius 1 is 0.789 bits per heavy atom. The molecule has 0 aliphatic heterocycles. The third-order valence-corrected chi connectivity index (χ3v) is 6.08. The molecule has 0 fully saturated rings. The van der Waals surface area contributed by atoms with Crippen LogP contribution >= 0.6 is 0 Å². The highest BCUT2D eigenvalue weighted by atomic mass is 19.3. The summed E-state index contributed by atoms with van der Waals surface area (Å²) in [7, 11) is 1.65. The molecule has 0 bridgehead atoms. The number of benzene rings is 3. The van der Waals surface area contributed by atoms with Crippen LogP contribution in [0.25, 0.3) is 22.2 Å². The molecule has 0 saturated heterocycles. The SMILES string of the molecule is COc1ccc(C(C)Nc2ccc3cc(-c4ccccn4)nc(Nc4cccc(OC(F)F)c4)c3c2)cc1. The summed E-state index contributed by atoms with van der Waals surface area (Å²) in [6.45, 7) is -0.819. The largest absolute Gasteiger partial charge is 0.497 e. The number of nitrogens with one attached hydrogen (secondary N) is 2. The lowest BCUT2D eigenvalue weighted by atomic mass is 10.1. The Labute approximate surface area is 219 Å². The molecule has 2 aromatic heterocycles. The standard InChI is InChI=1S/C30H26F2N4O2/c1-19(20-10-13-24(37-2)14-11-20)34-23-12-9-21-16-28(27-8-3-4-15-33-27)36-29(26(21)18-23)35-22-6-5-7-25(17-22)38-30(31)32/h3-19,30,34H,1-2H3,(H,35,36). The molecular weight excluding hydrogens is 486 g/mol. The predicted molar refractivity (Wildman–Crippen MR) is 146 cm³/mol. The van der Waals surface area contributed by atoms with E-state index in [1.165, 1.54) is 12.1 Å². The molecule has 6 nitrogen and oxygen atoms in total. The quantitative estimate of drug-likeness (QED) is 0.210. The molecule has 5 rings (SSSR count). The van der Waals surface area contributed by atoms with E-state index < -0.39 is 6.61 Å². The molecule has 192 valence electrons. The zero-order chi connectivity index (χ0) is 26.5. The molecule has 2 N–H and O–H groups in total. The third-order valence-electron chi connectivity index (χ3n) is 6.08. The second-order valence-corrected chi connectivity index (χ2v) is 8.68. The van der Waals surface area contributed by atoms with Crippen LogP contribution in [0, 0.1) is 0 Å². The Morgan fingerprint density at radius 2 is 1.63 bits per heavy atom. The van der Waals surface area contributed by atoms with Crippen LogP contribution in [-0.2, 0) is 0 Å². The Morgan fingerprint density at radius 3 is 2.37 bits per heavy atom. The average molecular weight is 513 g/mol. The fraction of sp³-hybridized carbons (Fsp3) is 0.133. The molecule has 0 aliphatic rings. The van der Waals surface area contributed by atoms with Crippen molar-refractivity contribution in [3.63, 3.8) is 0 Å². The number of hydrogen-bond donors (Lipinski definition) is 2. The molecule has 8 heteroatoms. The van der Waals surface area contributed by atoms with Crippen molar-refractivity contribution in [2.24, 2.45) is 0 Å². The zero-order valence-electron chi connectivity index (χ0n) is 20.9. The Kier molecular flexibility index (Phi) is 7.31. The summed E-state index contributed by atoms with van der Waals surface area (Å²) < 4.78 is 35.4. The number of anilines is 3. The van der Waals surface area contributed by atoms with Gasteiger partial charge in [0.15, 0.2) is 0 Å². The van der Waals surface area contributed by atoms with Gasteiger partial charge in [-0.1, -0.05) is 30.3 Å². The highest BCUT2D eigenvalue weighted by Crippen LogP contribution is 2.33. The number of alkyl halides is 2. The van der Waals surface area contributed by atoms with Crippen LogP contribution < -0.4 is 20.1 Å². The molecule has 0 amide bonds. The van der Waals surface area contributed by atoms with Gasteiger partial charge in [0.1, 0.15) is 17.3 Å². The molecule has 3 aromatic carbocycles. The minimum absolute atomic E-state index is 0.0405. The van der Waals surface area contributed by atoms with Gasteiger partial charge in [-0.2, -0.15) is 8.78 Å². The summed E-state index contributed by atoms with van der Waals surface area (Å²) in [4.78, 5) is 9.29. The van der Waals surface area contributed by atoms with E-state index in [0.717, 1.165) is 33.5 Å². The molecule has 0 saturated carbocycles. The number of halogens is 2. The summed E-state index contributed by atoms with van der Waals surface area (Å²) in [5, 5.41) is 8.64. The molecule has 2 heterocycles. The van der Waals surface area contributed by atoms with Crippen molar-refractivity contribution in [1.29, 1.82) is 0 Å². The summed E-state index contributed by atoms with van der Waals surface area (Å²) in [5.74, 6) is 1.43. The van der Waals surface area contributed by atoms with Gasteiger partial charge >= 0.3 is 6.61 Å². The number of nitrogens with zero attached hydrogens (tertiary/aromatic N) is 2. The van der Waals surface area contributed by atoms with Gasteiger partial charge in [-0.25, -0.2) is 4.98 Å². The van der Waals surface area contributed by atoms with Crippen LogP contribution in [0.5, 0.6) is 11.5 Å². The van der Waals surface area contributed by atoms with Crippen molar-refractivity contribution in [2.75, 3.05) is 17.7 Å². The normalized spacial score (nSPS) is 11.8. The van der Waals surface area contributed by atoms with Crippen molar-refractivity contribution in [3.8, 4) is 22.9 Å². The Bertz CT molecular complexity index is 1530. The van der Waals surface area contributed by atoms with Crippen LogP contribution in [-0.4, -0.2) is 23.7 Å².